The van der Waals surface area contributed by atoms with Crippen molar-refractivity contribution in [2.45, 2.75) is 51.2 Å². The van der Waals surface area contributed by atoms with Crippen molar-refractivity contribution < 1.29 is 19.4 Å². The maximum absolute atomic E-state index is 13.5. The second-order valence-electron chi connectivity index (χ2n) is 8.99. The average molecular weight is 493 g/mol. The number of hydrogen-bond donors (Lipinski definition) is 2. The number of aliphatic hydroxyl groups excluding tert-OH is 1. The van der Waals surface area contributed by atoms with Crippen molar-refractivity contribution in [1.29, 1.82) is 0 Å². The van der Waals surface area contributed by atoms with Crippen molar-refractivity contribution >= 4 is 11.8 Å². The van der Waals surface area contributed by atoms with Crippen LogP contribution >= 0.6 is 0 Å². The number of aliphatic hydroxyl groups is 1. The Kier molecular flexibility index (Phi) is 8.27. The molecule has 1 unspecified atom stereocenters. The maximum atomic E-state index is 13.5. The van der Waals surface area contributed by atoms with Crippen LogP contribution in [0.4, 0.5) is 0 Å². The van der Waals surface area contributed by atoms with E-state index >= 15 is 0 Å². The topological polar surface area (TPSA) is 122 Å². The van der Waals surface area contributed by atoms with Crippen LogP contribution in [-0.2, 0) is 16.1 Å². The van der Waals surface area contributed by atoms with E-state index in [4.69, 9.17) is 4.74 Å². The molecule has 1 saturated carbocycles. The lowest BCUT2D eigenvalue weighted by atomic mass is 10.0. The second kappa shape index (κ2) is 11.8. The molecule has 0 aliphatic heterocycles. The molecule has 4 rings (SSSR count). The Balaban J connectivity index is 1.55. The van der Waals surface area contributed by atoms with E-state index in [0.717, 1.165) is 36.8 Å². The largest absolute Gasteiger partial charge is 0.497 e. The quantitative estimate of drug-likeness (QED) is 0.445. The lowest BCUT2D eigenvalue weighted by Gasteiger charge is -2.31. The van der Waals surface area contributed by atoms with Crippen molar-refractivity contribution in [1.82, 2.24) is 30.4 Å². The fourth-order valence-corrected chi connectivity index (χ4v) is 4.46. The third kappa shape index (κ3) is 6.06. The van der Waals surface area contributed by atoms with Gasteiger partial charge in [0.2, 0.25) is 17.6 Å². The van der Waals surface area contributed by atoms with Crippen LogP contribution in [0.3, 0.4) is 0 Å². The zero-order valence-electron chi connectivity index (χ0n) is 20.6. The highest BCUT2D eigenvalue weighted by molar-refractivity contribution is 5.89. The van der Waals surface area contributed by atoms with Gasteiger partial charge in [-0.1, -0.05) is 42.7 Å². The van der Waals surface area contributed by atoms with Gasteiger partial charge in [0, 0.05) is 18.2 Å². The van der Waals surface area contributed by atoms with Gasteiger partial charge in [-0.05, 0) is 54.8 Å². The molecule has 1 fully saturated rings. The van der Waals surface area contributed by atoms with Crippen molar-refractivity contribution in [3.63, 3.8) is 0 Å². The molecule has 1 heterocycles. The van der Waals surface area contributed by atoms with Gasteiger partial charge in [-0.2, -0.15) is 4.80 Å². The van der Waals surface area contributed by atoms with E-state index < -0.39 is 11.9 Å². The van der Waals surface area contributed by atoms with E-state index in [0.29, 0.717) is 17.1 Å². The van der Waals surface area contributed by atoms with Crippen LogP contribution in [0.15, 0.2) is 48.5 Å². The minimum absolute atomic E-state index is 0.00447. The van der Waals surface area contributed by atoms with Gasteiger partial charge < -0.3 is 20.1 Å². The SMILES string of the molecule is COc1ccc(-c2nnn(CC(=O)N(CCO)C(C(=O)NC3CCCC3)c3ccc(C)cc3)n2)cc1. The van der Waals surface area contributed by atoms with E-state index in [1.54, 1.807) is 31.4 Å². The van der Waals surface area contributed by atoms with Gasteiger partial charge in [0.05, 0.1) is 13.7 Å². The molecule has 190 valence electrons. The van der Waals surface area contributed by atoms with Crippen LogP contribution < -0.4 is 10.1 Å². The van der Waals surface area contributed by atoms with Crippen LogP contribution in [0.1, 0.15) is 42.9 Å². The minimum Gasteiger partial charge on any atom is -0.497 e. The van der Waals surface area contributed by atoms with Crippen molar-refractivity contribution in [3.8, 4) is 17.1 Å². The first-order chi connectivity index (χ1) is 17.5. The summed E-state index contributed by atoms with van der Waals surface area (Å²) >= 11 is 0. The standard InChI is InChI=1S/C26H32N6O4/c1-18-7-9-19(10-8-18)24(26(35)27-21-5-3-4-6-21)31(15-16-33)23(34)17-32-29-25(28-30-32)20-11-13-22(36-2)14-12-20/h7-14,21,24,33H,3-6,15-17H2,1-2H3,(H,27,35). The summed E-state index contributed by atoms with van der Waals surface area (Å²) in [5.74, 6) is 0.431. The van der Waals surface area contributed by atoms with Crippen LogP contribution in [0.2, 0.25) is 0 Å². The summed E-state index contributed by atoms with van der Waals surface area (Å²) in [6, 6.07) is 13.9. The van der Waals surface area contributed by atoms with Gasteiger partial charge in [0.15, 0.2) is 0 Å². The number of tetrazole rings is 1. The van der Waals surface area contributed by atoms with E-state index in [1.807, 2.05) is 31.2 Å². The van der Waals surface area contributed by atoms with Crippen molar-refractivity contribution in [2.24, 2.45) is 0 Å². The highest BCUT2D eigenvalue weighted by Crippen LogP contribution is 2.25. The molecule has 3 aromatic rings. The van der Waals surface area contributed by atoms with Gasteiger partial charge >= 0.3 is 0 Å². The number of ether oxygens (including phenoxy) is 1. The molecule has 36 heavy (non-hydrogen) atoms. The Labute approximate surface area is 210 Å². The fraction of sp³-hybridized carbons (Fsp3) is 0.423. The Morgan fingerprint density at radius 1 is 1.14 bits per heavy atom. The zero-order chi connectivity index (χ0) is 25.5. The number of methoxy groups -OCH3 is 1. The Hall–Kier alpha value is -3.79. The number of amides is 2. The number of benzene rings is 2. The van der Waals surface area contributed by atoms with Gasteiger partial charge in [-0.3, -0.25) is 9.59 Å². The molecule has 10 heteroatoms. The van der Waals surface area contributed by atoms with E-state index in [-0.39, 0.29) is 31.6 Å². The lowest BCUT2D eigenvalue weighted by Crippen LogP contribution is -2.48. The smallest absolute Gasteiger partial charge is 0.247 e. The van der Waals surface area contributed by atoms with Crippen LogP contribution in [0.5, 0.6) is 5.75 Å². The number of nitrogens with one attached hydrogen (secondary N) is 1. The number of nitrogens with zero attached hydrogens (tertiary/aromatic N) is 5. The molecule has 0 saturated heterocycles. The van der Waals surface area contributed by atoms with E-state index in [1.165, 1.54) is 9.70 Å². The summed E-state index contributed by atoms with van der Waals surface area (Å²) in [6.07, 6.45) is 4.01. The third-order valence-electron chi connectivity index (χ3n) is 6.39. The second-order valence-corrected chi connectivity index (χ2v) is 8.99. The molecule has 0 bridgehead atoms. The predicted molar refractivity (Wildman–Crippen MR) is 133 cm³/mol. The normalized spacial score (nSPS) is 14.4. The number of aryl methyl sites for hydroxylation is 1. The number of hydrogen-bond acceptors (Lipinski definition) is 7. The molecule has 0 radical (unpaired) electrons. The highest BCUT2D eigenvalue weighted by Gasteiger charge is 2.33. The first kappa shape index (κ1) is 25.3. The summed E-state index contributed by atoms with van der Waals surface area (Å²) in [5, 5.41) is 25.3. The lowest BCUT2D eigenvalue weighted by molar-refractivity contribution is -0.142. The molecule has 2 amide bonds. The maximum Gasteiger partial charge on any atom is 0.247 e. The molecular weight excluding hydrogens is 460 g/mol. The van der Waals surface area contributed by atoms with Crippen LogP contribution in [0, 0.1) is 6.92 Å². The minimum atomic E-state index is -0.879. The summed E-state index contributed by atoms with van der Waals surface area (Å²) < 4.78 is 5.17. The fourth-order valence-electron chi connectivity index (χ4n) is 4.46. The van der Waals surface area contributed by atoms with Crippen LogP contribution in [0.25, 0.3) is 11.4 Å². The average Bonchev–Trinajstić information content (AvgIpc) is 3.57. The number of carbonyl (C=O) groups is 2. The molecule has 1 atom stereocenters. The van der Waals surface area contributed by atoms with Crippen LogP contribution in [-0.4, -0.2) is 68.3 Å². The van der Waals surface area contributed by atoms with Gasteiger partial charge in [0.1, 0.15) is 18.3 Å². The monoisotopic (exact) mass is 492 g/mol. The Morgan fingerprint density at radius 3 is 2.47 bits per heavy atom. The molecular formula is C26H32N6O4. The third-order valence-corrected chi connectivity index (χ3v) is 6.39. The van der Waals surface area contributed by atoms with Gasteiger partial charge in [0.25, 0.3) is 0 Å². The summed E-state index contributed by atoms with van der Waals surface area (Å²) in [7, 11) is 1.59. The molecule has 2 aromatic carbocycles. The Morgan fingerprint density at radius 2 is 1.83 bits per heavy atom. The van der Waals surface area contributed by atoms with Crippen molar-refractivity contribution in [3.05, 3.63) is 59.7 Å². The first-order valence-electron chi connectivity index (χ1n) is 12.2. The number of aromatic nitrogens is 4. The highest BCUT2D eigenvalue weighted by atomic mass is 16.5. The summed E-state index contributed by atoms with van der Waals surface area (Å²) in [5.41, 5.74) is 2.46. The zero-order valence-corrected chi connectivity index (χ0v) is 20.6. The van der Waals surface area contributed by atoms with Gasteiger partial charge in [-0.15, -0.1) is 10.2 Å². The summed E-state index contributed by atoms with van der Waals surface area (Å²) in [6.45, 7) is 1.45. The van der Waals surface area contributed by atoms with E-state index in [2.05, 4.69) is 20.7 Å². The Bertz CT molecular complexity index is 1160. The predicted octanol–water partition coefficient (Wildman–Crippen LogP) is 2.28. The van der Waals surface area contributed by atoms with Crippen molar-refractivity contribution in [2.75, 3.05) is 20.3 Å². The van der Waals surface area contributed by atoms with Gasteiger partial charge in [-0.25, -0.2) is 0 Å². The van der Waals surface area contributed by atoms with E-state index in [9.17, 15) is 14.7 Å². The number of carbonyl (C=O) groups excluding carboxylic acids is 2. The molecule has 10 nitrogen and oxygen atoms in total. The summed E-state index contributed by atoms with van der Waals surface area (Å²) in [4.78, 5) is 29.5. The molecule has 1 aliphatic carbocycles. The first-order valence-corrected chi connectivity index (χ1v) is 12.2. The number of rotatable bonds is 10. The molecule has 0 spiro atoms. The molecule has 1 aliphatic rings. The molecule has 1 aromatic heterocycles. The molecule has 2 N–H and O–H groups in total.